The fourth-order valence-corrected chi connectivity index (χ4v) is 2.55. The van der Waals surface area contributed by atoms with E-state index in [4.69, 9.17) is 9.84 Å². The van der Waals surface area contributed by atoms with Gasteiger partial charge in [-0.2, -0.15) is 5.10 Å². The second-order valence-electron chi connectivity index (χ2n) is 4.83. The average molecular weight is 285 g/mol. The van der Waals surface area contributed by atoms with Gasteiger partial charge in [-0.05, 0) is 18.2 Å². The summed E-state index contributed by atoms with van der Waals surface area (Å²) in [7, 11) is 5.17. The van der Waals surface area contributed by atoms with Gasteiger partial charge in [0.15, 0.2) is 0 Å². The van der Waals surface area contributed by atoms with E-state index in [-0.39, 0.29) is 5.69 Å². The molecule has 0 spiro atoms. The van der Waals surface area contributed by atoms with E-state index >= 15 is 0 Å². The molecule has 21 heavy (non-hydrogen) atoms. The zero-order valence-corrected chi connectivity index (χ0v) is 12.0. The molecule has 3 aromatic rings. The Morgan fingerprint density at radius 3 is 2.67 bits per heavy atom. The number of hydrogen-bond donors (Lipinski definition) is 1. The third kappa shape index (κ3) is 1.96. The summed E-state index contributed by atoms with van der Waals surface area (Å²) in [5.74, 6) is -0.212. The number of hydrogen-bond acceptors (Lipinski definition) is 3. The van der Waals surface area contributed by atoms with Gasteiger partial charge in [0.1, 0.15) is 17.1 Å². The van der Waals surface area contributed by atoms with Crippen molar-refractivity contribution in [2.24, 2.45) is 14.1 Å². The number of aryl methyl sites for hydroxylation is 2. The molecule has 0 amide bonds. The van der Waals surface area contributed by atoms with Crippen LogP contribution in [-0.4, -0.2) is 32.5 Å². The number of carboxylic acid groups (broad SMARTS) is 1. The summed E-state index contributed by atoms with van der Waals surface area (Å²) < 4.78 is 8.71. The minimum Gasteiger partial charge on any atom is -0.496 e. The van der Waals surface area contributed by atoms with Gasteiger partial charge in [-0.15, -0.1) is 0 Å². The molecule has 0 atom stereocenters. The van der Waals surface area contributed by atoms with Gasteiger partial charge >= 0.3 is 5.97 Å². The van der Waals surface area contributed by atoms with Crippen LogP contribution in [0.3, 0.4) is 0 Å². The maximum Gasteiger partial charge on any atom is 0.354 e. The Morgan fingerprint density at radius 1 is 1.29 bits per heavy atom. The van der Waals surface area contributed by atoms with E-state index in [2.05, 4.69) is 5.10 Å². The van der Waals surface area contributed by atoms with Crippen LogP contribution in [0.25, 0.3) is 22.3 Å². The van der Waals surface area contributed by atoms with E-state index in [1.807, 2.05) is 35.9 Å². The molecule has 6 heteroatoms. The Morgan fingerprint density at radius 2 is 2.05 bits per heavy atom. The molecule has 0 saturated carbocycles. The van der Waals surface area contributed by atoms with Crippen LogP contribution >= 0.6 is 0 Å². The highest BCUT2D eigenvalue weighted by Crippen LogP contribution is 2.32. The van der Waals surface area contributed by atoms with Crippen molar-refractivity contribution in [3.05, 3.63) is 36.0 Å². The van der Waals surface area contributed by atoms with E-state index in [0.717, 1.165) is 22.3 Å². The van der Waals surface area contributed by atoms with Gasteiger partial charge in [0.25, 0.3) is 0 Å². The van der Waals surface area contributed by atoms with Crippen LogP contribution in [0.2, 0.25) is 0 Å². The summed E-state index contributed by atoms with van der Waals surface area (Å²) in [4.78, 5) is 11.1. The topological polar surface area (TPSA) is 69.3 Å². The van der Waals surface area contributed by atoms with Crippen molar-refractivity contribution in [1.82, 2.24) is 14.3 Å². The van der Waals surface area contributed by atoms with Crippen LogP contribution in [0.1, 0.15) is 10.5 Å². The minimum absolute atomic E-state index is 0.155. The average Bonchev–Trinajstić information content (AvgIpc) is 3.00. The molecule has 0 saturated heterocycles. The molecule has 0 unspecified atom stereocenters. The summed E-state index contributed by atoms with van der Waals surface area (Å²) >= 11 is 0. The second kappa shape index (κ2) is 4.66. The molecule has 2 aromatic heterocycles. The van der Waals surface area contributed by atoms with Crippen molar-refractivity contribution in [2.45, 2.75) is 0 Å². The molecule has 0 fully saturated rings. The SMILES string of the molecule is COc1cccc2c1cc(-c1cc(C(=O)O)n(C)n1)n2C. The van der Waals surface area contributed by atoms with E-state index in [1.54, 1.807) is 20.2 Å². The molecule has 0 radical (unpaired) electrons. The van der Waals surface area contributed by atoms with E-state index in [9.17, 15) is 4.79 Å². The number of fused-ring (bicyclic) bond motifs is 1. The lowest BCUT2D eigenvalue weighted by molar-refractivity contribution is 0.0685. The number of aromatic carboxylic acids is 1. The molecule has 0 aliphatic heterocycles. The van der Waals surface area contributed by atoms with Gasteiger partial charge in [-0.1, -0.05) is 6.07 Å². The number of carbonyl (C=O) groups is 1. The maximum atomic E-state index is 11.1. The van der Waals surface area contributed by atoms with Crippen molar-refractivity contribution in [3.8, 4) is 17.1 Å². The first kappa shape index (κ1) is 13.2. The number of rotatable bonds is 3. The molecule has 1 N–H and O–H groups in total. The molecule has 0 aliphatic rings. The number of ether oxygens (including phenoxy) is 1. The Kier molecular flexibility index (Phi) is 2.94. The third-order valence-electron chi connectivity index (χ3n) is 3.63. The first-order valence-electron chi connectivity index (χ1n) is 6.43. The summed E-state index contributed by atoms with van der Waals surface area (Å²) in [6.07, 6.45) is 0. The van der Waals surface area contributed by atoms with Crippen molar-refractivity contribution in [2.75, 3.05) is 7.11 Å². The van der Waals surface area contributed by atoms with Crippen molar-refractivity contribution >= 4 is 16.9 Å². The Hall–Kier alpha value is -2.76. The maximum absolute atomic E-state index is 11.1. The van der Waals surface area contributed by atoms with Gasteiger partial charge in [-0.3, -0.25) is 4.68 Å². The quantitative estimate of drug-likeness (QED) is 0.801. The van der Waals surface area contributed by atoms with E-state index in [0.29, 0.717) is 5.69 Å². The fourth-order valence-electron chi connectivity index (χ4n) is 2.55. The second-order valence-corrected chi connectivity index (χ2v) is 4.83. The van der Waals surface area contributed by atoms with Crippen molar-refractivity contribution in [1.29, 1.82) is 0 Å². The van der Waals surface area contributed by atoms with Gasteiger partial charge in [0.2, 0.25) is 0 Å². The lowest BCUT2D eigenvalue weighted by Gasteiger charge is -2.02. The third-order valence-corrected chi connectivity index (χ3v) is 3.63. The van der Waals surface area contributed by atoms with Crippen molar-refractivity contribution < 1.29 is 14.6 Å². The molecular formula is C15H15N3O3. The van der Waals surface area contributed by atoms with Crippen LogP contribution < -0.4 is 4.74 Å². The molecule has 108 valence electrons. The van der Waals surface area contributed by atoms with Crippen LogP contribution in [0.15, 0.2) is 30.3 Å². The molecule has 1 aromatic carbocycles. The van der Waals surface area contributed by atoms with Gasteiger partial charge in [0.05, 0.1) is 18.3 Å². The van der Waals surface area contributed by atoms with Crippen LogP contribution in [-0.2, 0) is 14.1 Å². The molecule has 3 rings (SSSR count). The van der Waals surface area contributed by atoms with Gasteiger partial charge in [-0.25, -0.2) is 4.79 Å². The lowest BCUT2D eigenvalue weighted by atomic mass is 10.2. The highest BCUT2D eigenvalue weighted by Gasteiger charge is 2.17. The highest BCUT2D eigenvalue weighted by molar-refractivity contribution is 5.92. The number of aromatic nitrogens is 3. The smallest absolute Gasteiger partial charge is 0.354 e. The molecule has 2 heterocycles. The summed E-state index contributed by atoms with van der Waals surface area (Å²) in [6.45, 7) is 0. The molecule has 0 bridgehead atoms. The lowest BCUT2D eigenvalue weighted by Crippen LogP contribution is -2.04. The molecule has 6 nitrogen and oxygen atoms in total. The predicted octanol–water partition coefficient (Wildman–Crippen LogP) is 2.29. The van der Waals surface area contributed by atoms with Gasteiger partial charge < -0.3 is 14.4 Å². The number of benzene rings is 1. The normalized spacial score (nSPS) is 11.0. The van der Waals surface area contributed by atoms with Crippen LogP contribution in [0.5, 0.6) is 5.75 Å². The van der Waals surface area contributed by atoms with E-state index < -0.39 is 5.97 Å². The number of nitrogens with zero attached hydrogens (tertiary/aromatic N) is 3. The number of methoxy groups -OCH3 is 1. The minimum atomic E-state index is -0.993. The summed E-state index contributed by atoms with van der Waals surface area (Å²) in [5.41, 5.74) is 2.63. The summed E-state index contributed by atoms with van der Waals surface area (Å²) in [6, 6.07) is 9.34. The largest absolute Gasteiger partial charge is 0.496 e. The Bertz CT molecular complexity index is 845. The monoisotopic (exact) mass is 285 g/mol. The fraction of sp³-hybridized carbons (Fsp3) is 0.200. The first-order valence-corrected chi connectivity index (χ1v) is 6.43. The number of carboxylic acids is 1. The standard InChI is InChI=1S/C15H15N3O3/c1-17-11-5-4-6-14(21-3)9(11)7-12(17)10-8-13(15(19)20)18(2)16-10/h4-8H,1-3H3,(H,19,20). The Labute approximate surface area is 121 Å². The molecule has 0 aliphatic carbocycles. The van der Waals surface area contributed by atoms with Crippen LogP contribution in [0, 0.1) is 0 Å². The first-order chi connectivity index (χ1) is 10.0. The Balaban J connectivity index is 2.23. The van der Waals surface area contributed by atoms with Gasteiger partial charge in [0, 0.05) is 25.5 Å². The zero-order valence-electron chi connectivity index (χ0n) is 12.0. The summed E-state index contributed by atoms with van der Waals surface area (Å²) in [5, 5.41) is 14.4. The van der Waals surface area contributed by atoms with Crippen LogP contribution in [0.4, 0.5) is 0 Å². The van der Waals surface area contributed by atoms with E-state index in [1.165, 1.54) is 4.68 Å². The van der Waals surface area contributed by atoms with Crippen molar-refractivity contribution in [3.63, 3.8) is 0 Å². The highest BCUT2D eigenvalue weighted by atomic mass is 16.5. The molecular weight excluding hydrogens is 270 g/mol. The zero-order chi connectivity index (χ0) is 15.1. The predicted molar refractivity (Wildman–Crippen MR) is 78.6 cm³/mol.